The molecule has 5 aromatic rings. The summed E-state index contributed by atoms with van der Waals surface area (Å²) in [7, 11) is 0. The largest absolute Gasteiger partial charge is 0.311 e. The molecule has 1 nitrogen and oxygen atoms in total. The Hall–Kier alpha value is -3.81. The van der Waals surface area contributed by atoms with E-state index in [0.717, 1.165) is 22.1 Å². The lowest BCUT2D eigenvalue weighted by Crippen LogP contribution is -2.09. The van der Waals surface area contributed by atoms with Crippen molar-refractivity contribution < 1.29 is 0 Å². The summed E-state index contributed by atoms with van der Waals surface area (Å²) < 4.78 is 0. The molecule has 32 heavy (non-hydrogen) atoms. The molecule has 154 valence electrons. The number of anilines is 3. The number of hydrogen-bond donors (Lipinski definition) is 0. The summed E-state index contributed by atoms with van der Waals surface area (Å²) >= 11 is 6.17. The van der Waals surface area contributed by atoms with E-state index in [-0.39, 0.29) is 0 Å². The second kappa shape index (κ2) is 9.13. The van der Waals surface area contributed by atoms with Crippen LogP contribution in [0.5, 0.6) is 0 Å². The van der Waals surface area contributed by atoms with Crippen LogP contribution in [0.15, 0.2) is 133 Å². The lowest BCUT2D eigenvalue weighted by Gasteiger charge is -2.26. The highest BCUT2D eigenvalue weighted by Crippen LogP contribution is 2.37. The van der Waals surface area contributed by atoms with Crippen molar-refractivity contribution in [1.29, 1.82) is 0 Å². The van der Waals surface area contributed by atoms with Crippen molar-refractivity contribution in [3.05, 3.63) is 138 Å². The maximum atomic E-state index is 6.17. The third-order valence-corrected chi connectivity index (χ3v) is 5.80. The molecule has 0 fully saturated rings. The first-order valence-electron chi connectivity index (χ1n) is 10.6. The molecule has 0 aliphatic carbocycles. The molecule has 0 heterocycles. The lowest BCUT2D eigenvalue weighted by molar-refractivity contribution is 1.28. The molecule has 0 atom stereocenters. The highest BCUT2D eigenvalue weighted by atomic mass is 35.5. The molecule has 0 unspecified atom stereocenters. The first-order valence-corrected chi connectivity index (χ1v) is 11.0. The Labute approximate surface area is 194 Å². The molecule has 0 saturated heterocycles. The Bertz CT molecular complexity index is 1190. The fourth-order valence-corrected chi connectivity index (χ4v) is 4.03. The molecule has 0 radical (unpaired) electrons. The summed E-state index contributed by atoms with van der Waals surface area (Å²) in [6.45, 7) is 0. The minimum absolute atomic E-state index is 0.729. The zero-order valence-corrected chi connectivity index (χ0v) is 18.3. The van der Waals surface area contributed by atoms with E-state index < -0.39 is 0 Å². The molecule has 0 N–H and O–H groups in total. The van der Waals surface area contributed by atoms with Gasteiger partial charge in [-0.05, 0) is 70.8 Å². The minimum Gasteiger partial charge on any atom is -0.311 e. The van der Waals surface area contributed by atoms with Crippen molar-refractivity contribution >= 4 is 28.7 Å². The Kier molecular flexibility index (Phi) is 5.74. The molecule has 5 aromatic carbocycles. The molecule has 0 spiro atoms. The van der Waals surface area contributed by atoms with Crippen molar-refractivity contribution in [3.63, 3.8) is 0 Å². The van der Waals surface area contributed by atoms with Gasteiger partial charge in [0.1, 0.15) is 0 Å². The summed E-state index contributed by atoms with van der Waals surface area (Å²) in [6.07, 6.45) is 0. The van der Waals surface area contributed by atoms with Crippen LogP contribution in [0, 0.1) is 0 Å². The smallest absolute Gasteiger partial charge is 0.0462 e. The summed E-state index contributed by atoms with van der Waals surface area (Å²) in [5.74, 6) is 0. The third-order valence-electron chi connectivity index (χ3n) is 5.55. The van der Waals surface area contributed by atoms with Gasteiger partial charge in [0.05, 0.1) is 0 Å². The molecule has 5 rings (SSSR count). The van der Waals surface area contributed by atoms with E-state index in [0.29, 0.717) is 0 Å². The average molecular weight is 432 g/mol. The van der Waals surface area contributed by atoms with Crippen molar-refractivity contribution in [2.45, 2.75) is 0 Å². The third kappa shape index (κ3) is 4.30. The molecule has 0 aromatic heterocycles. The quantitative estimate of drug-likeness (QED) is 0.268. The molecule has 0 bridgehead atoms. The van der Waals surface area contributed by atoms with Gasteiger partial charge in [0, 0.05) is 22.1 Å². The van der Waals surface area contributed by atoms with Crippen LogP contribution in [-0.2, 0) is 0 Å². The Balaban J connectivity index is 1.53. The van der Waals surface area contributed by atoms with E-state index in [2.05, 4.69) is 114 Å². The van der Waals surface area contributed by atoms with Crippen LogP contribution in [-0.4, -0.2) is 0 Å². The molecule has 0 aliphatic heterocycles. The predicted molar refractivity (Wildman–Crippen MR) is 137 cm³/mol. The van der Waals surface area contributed by atoms with Crippen LogP contribution in [0.25, 0.3) is 22.3 Å². The maximum Gasteiger partial charge on any atom is 0.0462 e. The molecular formula is C30H22ClN. The van der Waals surface area contributed by atoms with Gasteiger partial charge >= 0.3 is 0 Å². The predicted octanol–water partition coefficient (Wildman–Crippen LogP) is 9.14. The maximum absolute atomic E-state index is 6.17. The number of halogens is 1. The average Bonchev–Trinajstić information content (AvgIpc) is 2.87. The van der Waals surface area contributed by atoms with Crippen LogP contribution in [0.2, 0.25) is 5.02 Å². The summed E-state index contributed by atoms with van der Waals surface area (Å²) in [5, 5.41) is 0.729. The van der Waals surface area contributed by atoms with Crippen LogP contribution in [0.1, 0.15) is 0 Å². The first-order chi connectivity index (χ1) is 15.8. The molecule has 2 heteroatoms. The van der Waals surface area contributed by atoms with Gasteiger partial charge in [-0.3, -0.25) is 0 Å². The Morgan fingerprint density at radius 2 is 0.656 bits per heavy atom. The highest BCUT2D eigenvalue weighted by Gasteiger charge is 2.13. The highest BCUT2D eigenvalue weighted by molar-refractivity contribution is 6.30. The van der Waals surface area contributed by atoms with E-state index in [4.69, 9.17) is 11.6 Å². The van der Waals surface area contributed by atoms with Gasteiger partial charge in [-0.1, -0.05) is 96.5 Å². The fourth-order valence-electron chi connectivity index (χ4n) is 3.90. The number of hydrogen-bond acceptors (Lipinski definition) is 1. The Morgan fingerprint density at radius 1 is 0.344 bits per heavy atom. The minimum atomic E-state index is 0.729. The molecule has 0 saturated carbocycles. The second-order valence-electron chi connectivity index (χ2n) is 7.64. The molecular weight excluding hydrogens is 410 g/mol. The second-order valence-corrected chi connectivity index (χ2v) is 8.07. The number of nitrogens with zero attached hydrogens (tertiary/aromatic N) is 1. The van der Waals surface area contributed by atoms with Crippen molar-refractivity contribution in [2.24, 2.45) is 0 Å². The van der Waals surface area contributed by atoms with Crippen molar-refractivity contribution in [2.75, 3.05) is 4.90 Å². The van der Waals surface area contributed by atoms with Crippen LogP contribution >= 0.6 is 11.6 Å². The monoisotopic (exact) mass is 431 g/mol. The van der Waals surface area contributed by atoms with E-state index in [1.165, 1.54) is 22.3 Å². The van der Waals surface area contributed by atoms with E-state index in [9.17, 15) is 0 Å². The topological polar surface area (TPSA) is 3.24 Å². The standard InChI is InChI=1S/C30H22ClN/c31-27-15-21-30(22-16-27)32(28-17-11-25(12-18-28)23-7-3-1-4-8-23)29-19-13-26(14-20-29)24-9-5-2-6-10-24/h1-22H. The van der Waals surface area contributed by atoms with Crippen LogP contribution in [0.3, 0.4) is 0 Å². The molecule has 0 amide bonds. The van der Waals surface area contributed by atoms with Crippen LogP contribution < -0.4 is 4.90 Å². The first kappa shape index (κ1) is 20.1. The van der Waals surface area contributed by atoms with Gasteiger partial charge in [-0.25, -0.2) is 0 Å². The van der Waals surface area contributed by atoms with Gasteiger partial charge in [-0.2, -0.15) is 0 Å². The summed E-state index contributed by atoms with van der Waals surface area (Å²) in [5.41, 5.74) is 8.08. The van der Waals surface area contributed by atoms with Crippen molar-refractivity contribution in [1.82, 2.24) is 0 Å². The zero-order valence-electron chi connectivity index (χ0n) is 17.5. The van der Waals surface area contributed by atoms with E-state index in [1.54, 1.807) is 0 Å². The fraction of sp³-hybridized carbons (Fsp3) is 0. The summed E-state index contributed by atoms with van der Waals surface area (Å²) in [6, 6.07) is 46.2. The van der Waals surface area contributed by atoms with Gasteiger partial charge in [-0.15, -0.1) is 0 Å². The normalized spacial score (nSPS) is 10.7. The number of benzene rings is 5. The van der Waals surface area contributed by atoms with E-state index in [1.807, 2.05) is 24.3 Å². The lowest BCUT2D eigenvalue weighted by atomic mass is 10.0. The van der Waals surface area contributed by atoms with Crippen molar-refractivity contribution in [3.8, 4) is 22.3 Å². The summed E-state index contributed by atoms with van der Waals surface area (Å²) in [4.78, 5) is 2.25. The van der Waals surface area contributed by atoms with Crippen LogP contribution in [0.4, 0.5) is 17.1 Å². The van der Waals surface area contributed by atoms with Gasteiger partial charge < -0.3 is 4.90 Å². The Morgan fingerprint density at radius 3 is 1.03 bits per heavy atom. The molecule has 0 aliphatic rings. The SMILES string of the molecule is Clc1ccc(N(c2ccc(-c3ccccc3)cc2)c2ccc(-c3ccccc3)cc2)cc1. The van der Waals surface area contributed by atoms with E-state index >= 15 is 0 Å². The van der Waals surface area contributed by atoms with Gasteiger partial charge in [0.15, 0.2) is 0 Å². The van der Waals surface area contributed by atoms with Gasteiger partial charge in [0.25, 0.3) is 0 Å². The van der Waals surface area contributed by atoms with Gasteiger partial charge in [0.2, 0.25) is 0 Å². The number of rotatable bonds is 5. The zero-order chi connectivity index (χ0) is 21.8.